The van der Waals surface area contributed by atoms with Gasteiger partial charge in [0.05, 0.1) is 48.1 Å². The summed E-state index contributed by atoms with van der Waals surface area (Å²) >= 11 is 0. The van der Waals surface area contributed by atoms with Crippen LogP contribution in [0.2, 0.25) is 18.6 Å². The first-order valence-corrected chi connectivity index (χ1v) is 24.3. The zero-order valence-electron chi connectivity index (χ0n) is 35.1. The number of aryl methyl sites for hydroxylation is 1. The number of nitrogens with one attached hydrogen (secondary N) is 1. The number of benzene rings is 4. The van der Waals surface area contributed by atoms with Gasteiger partial charge in [0.25, 0.3) is 17.5 Å². The highest BCUT2D eigenvalue weighted by molar-refractivity contribution is 6.72. The van der Waals surface area contributed by atoms with Crippen molar-refractivity contribution < 1.29 is 28.5 Å². The summed E-state index contributed by atoms with van der Waals surface area (Å²) in [4.78, 5) is 46.7. The summed E-state index contributed by atoms with van der Waals surface area (Å²) in [6.45, 7) is 7.24. The molecule has 5 atom stereocenters. The lowest BCUT2D eigenvalue weighted by Gasteiger charge is -2.39. The first kappa shape index (κ1) is 41.5. The Balaban J connectivity index is 0.986. The molecule has 0 radical (unpaired) electrons. The lowest BCUT2D eigenvalue weighted by molar-refractivity contribution is -0.385. The number of anilines is 3. The Morgan fingerprint density at radius 3 is 2.32 bits per heavy atom. The fraction of sp³-hybridized carbons (Fsp3) is 0.391. The minimum atomic E-state index is -3.54. The van der Waals surface area contributed by atoms with Crippen LogP contribution in [-0.4, -0.2) is 83.3 Å². The number of aliphatic hydroxyl groups is 1. The lowest BCUT2D eigenvalue weighted by atomic mass is 9.82. The molecule has 9 rings (SSSR count). The Labute approximate surface area is 360 Å². The molecule has 3 saturated heterocycles. The first-order chi connectivity index (χ1) is 29.9. The maximum atomic E-state index is 16.6. The third-order valence-electron chi connectivity index (χ3n) is 13.6. The summed E-state index contributed by atoms with van der Waals surface area (Å²) in [6, 6.07) is 31.6. The van der Waals surface area contributed by atoms with Gasteiger partial charge in [0.2, 0.25) is 8.41 Å². The smallest absolute Gasteiger partial charge is 0.269 e. The van der Waals surface area contributed by atoms with Crippen molar-refractivity contribution in [1.29, 1.82) is 0 Å². The van der Waals surface area contributed by atoms with E-state index in [1.165, 1.54) is 12.1 Å². The summed E-state index contributed by atoms with van der Waals surface area (Å²) in [5, 5.41) is 34.4. The molecule has 322 valence electrons. The predicted octanol–water partition coefficient (Wildman–Crippen LogP) is 6.66. The van der Waals surface area contributed by atoms with Gasteiger partial charge in [0.15, 0.2) is 5.60 Å². The second-order valence-corrected chi connectivity index (χ2v) is 21.3. The molecular formula is C46H51FN8O6Si. The number of hydrogen-bond donors (Lipinski definition) is 2. The van der Waals surface area contributed by atoms with Crippen LogP contribution in [0.25, 0.3) is 0 Å². The number of ether oxygens (including phenoxy) is 1. The molecule has 0 aliphatic carbocycles. The van der Waals surface area contributed by atoms with Gasteiger partial charge < -0.3 is 29.1 Å². The van der Waals surface area contributed by atoms with Gasteiger partial charge in [0, 0.05) is 53.3 Å². The highest BCUT2D eigenvalue weighted by Gasteiger charge is 2.67. The van der Waals surface area contributed by atoms with Gasteiger partial charge in [-0.05, 0) is 86.9 Å². The maximum absolute atomic E-state index is 16.6. The van der Waals surface area contributed by atoms with Crippen LogP contribution >= 0.6 is 0 Å². The van der Waals surface area contributed by atoms with Crippen LogP contribution in [0.3, 0.4) is 0 Å². The lowest BCUT2D eigenvalue weighted by Crippen LogP contribution is -2.55. The normalized spacial score (nSPS) is 23.8. The molecule has 0 bridgehead atoms. The standard InChI is InChI=1S/C46H51FN8O6Si/c1-31-42(62(2,3)47)41(20-25-51-28-39(49-50-51)37(29-56)33-10-6-4-7-11-33)61-46(31)38-26-36(55(59)60)18-19-40(38)52(44(46)58)27-32-14-16-34(17-15-32)53-30-54(35-12-8-5-9-13-35)45(43(53)57)21-23-48-24-22-45/h4-19,26,28,31,37,41-42,48,56H,20-25,27,29-30H2,1-3H3/t31-,37?,41+,42-,46+/m0/s1. The van der Waals surface area contributed by atoms with Gasteiger partial charge in [-0.25, -0.2) is 0 Å². The van der Waals surface area contributed by atoms with Crippen LogP contribution in [0.5, 0.6) is 0 Å². The number of fused-ring (bicyclic) bond motifs is 2. The van der Waals surface area contributed by atoms with Crippen molar-refractivity contribution in [2.75, 3.05) is 41.1 Å². The van der Waals surface area contributed by atoms with E-state index in [4.69, 9.17) is 4.74 Å². The summed E-state index contributed by atoms with van der Waals surface area (Å²) < 4.78 is 25.2. The molecule has 4 aromatic carbocycles. The van der Waals surface area contributed by atoms with Crippen LogP contribution in [0, 0.1) is 16.0 Å². The van der Waals surface area contributed by atoms with Crippen molar-refractivity contribution in [1.82, 2.24) is 20.3 Å². The van der Waals surface area contributed by atoms with E-state index in [9.17, 15) is 20.0 Å². The van der Waals surface area contributed by atoms with E-state index < -0.39 is 47.9 Å². The zero-order valence-corrected chi connectivity index (χ0v) is 36.1. The van der Waals surface area contributed by atoms with Gasteiger partial charge >= 0.3 is 0 Å². The van der Waals surface area contributed by atoms with Crippen LogP contribution in [0.4, 0.5) is 26.9 Å². The number of carbonyl (C=O) groups is 2. The van der Waals surface area contributed by atoms with Crippen molar-refractivity contribution in [2.45, 2.75) is 81.1 Å². The molecule has 5 aromatic rings. The molecule has 5 heterocycles. The molecule has 14 nitrogen and oxygen atoms in total. The number of nitrogens with zero attached hydrogens (tertiary/aromatic N) is 7. The average Bonchev–Trinajstić information content (AvgIpc) is 4.00. The molecule has 16 heteroatoms. The molecule has 2 amide bonds. The fourth-order valence-electron chi connectivity index (χ4n) is 10.6. The number of hydrogen-bond acceptors (Lipinski definition) is 10. The van der Waals surface area contributed by atoms with E-state index >= 15 is 8.90 Å². The number of carbonyl (C=O) groups excluding carboxylic acids is 2. The molecule has 0 saturated carbocycles. The number of nitro groups is 1. The van der Waals surface area contributed by atoms with E-state index in [1.807, 2.05) is 96.8 Å². The van der Waals surface area contributed by atoms with E-state index in [0.29, 0.717) is 49.4 Å². The van der Waals surface area contributed by atoms with Gasteiger partial charge in [-0.2, -0.15) is 0 Å². The number of amides is 2. The van der Waals surface area contributed by atoms with Crippen molar-refractivity contribution in [3.63, 3.8) is 0 Å². The third-order valence-corrected chi connectivity index (χ3v) is 16.1. The van der Waals surface area contributed by atoms with Gasteiger partial charge in [-0.15, -0.1) is 5.10 Å². The predicted molar refractivity (Wildman–Crippen MR) is 235 cm³/mol. The Hall–Kier alpha value is -5.81. The van der Waals surface area contributed by atoms with E-state index in [0.717, 1.165) is 35.6 Å². The summed E-state index contributed by atoms with van der Waals surface area (Å²) in [5.41, 5.74) is 1.72. The van der Waals surface area contributed by atoms with Crippen molar-refractivity contribution in [3.8, 4) is 0 Å². The van der Waals surface area contributed by atoms with E-state index in [2.05, 4.69) is 20.5 Å². The molecule has 62 heavy (non-hydrogen) atoms. The molecule has 1 unspecified atom stereocenters. The number of para-hydroxylation sites is 1. The minimum absolute atomic E-state index is 0.0596. The highest BCUT2D eigenvalue weighted by atomic mass is 28.4. The Morgan fingerprint density at radius 1 is 0.968 bits per heavy atom. The number of rotatable bonds is 12. The molecule has 3 fully saturated rings. The average molecular weight is 859 g/mol. The molecular weight excluding hydrogens is 808 g/mol. The van der Waals surface area contributed by atoms with E-state index in [-0.39, 0.29) is 30.7 Å². The maximum Gasteiger partial charge on any atom is 0.269 e. The number of non-ortho nitro benzene ring substituents is 1. The minimum Gasteiger partial charge on any atom is -0.395 e. The van der Waals surface area contributed by atoms with Crippen LogP contribution in [-0.2, 0) is 33.0 Å². The zero-order chi connectivity index (χ0) is 43.4. The number of aliphatic hydroxyl groups excluding tert-OH is 1. The number of nitro benzene ring substituents is 1. The van der Waals surface area contributed by atoms with Crippen molar-refractivity contribution in [3.05, 3.63) is 142 Å². The largest absolute Gasteiger partial charge is 0.395 e. The fourth-order valence-corrected chi connectivity index (χ4v) is 13.1. The second kappa shape index (κ2) is 16.1. The SMILES string of the molecule is C[C@H]1[C@H]([Si](C)(C)F)[C@@H](CCn2cc(C(CO)c3ccccc3)nn2)O[C@]12C(=O)N(Cc1ccc(N3CN(c4ccccc4)C4(CCNCC4)C3=O)cc1)c1ccc([N+](=O)[O-])cc12. The van der Waals surface area contributed by atoms with Crippen molar-refractivity contribution >= 4 is 43.0 Å². The van der Waals surface area contributed by atoms with Crippen LogP contribution in [0.1, 0.15) is 54.5 Å². The van der Waals surface area contributed by atoms with Crippen LogP contribution < -0.4 is 20.0 Å². The molecule has 1 aromatic heterocycles. The summed E-state index contributed by atoms with van der Waals surface area (Å²) in [6.07, 6.45) is 2.75. The quantitative estimate of drug-likeness (QED) is 0.0602. The highest BCUT2D eigenvalue weighted by Crippen LogP contribution is 2.61. The Kier molecular flexibility index (Phi) is 10.8. The van der Waals surface area contributed by atoms with Crippen LogP contribution in [0.15, 0.2) is 109 Å². The third kappa shape index (κ3) is 6.98. The molecule has 4 aliphatic heterocycles. The second-order valence-electron chi connectivity index (χ2n) is 17.5. The molecule has 2 spiro atoms. The van der Waals surface area contributed by atoms with Gasteiger partial charge in [0.1, 0.15) is 5.54 Å². The molecule has 2 N–H and O–H groups in total. The summed E-state index contributed by atoms with van der Waals surface area (Å²) in [5.74, 6) is -1.36. The van der Waals surface area contributed by atoms with Crippen molar-refractivity contribution in [2.24, 2.45) is 5.92 Å². The molecule has 4 aliphatic rings. The van der Waals surface area contributed by atoms with Gasteiger partial charge in [-0.3, -0.25) is 29.3 Å². The Bertz CT molecular complexity index is 2460. The summed E-state index contributed by atoms with van der Waals surface area (Å²) in [7, 11) is -3.54. The first-order valence-electron chi connectivity index (χ1n) is 21.3. The number of halogens is 1. The number of piperidine rings is 1. The van der Waals surface area contributed by atoms with E-state index in [1.54, 1.807) is 34.9 Å². The van der Waals surface area contributed by atoms with Gasteiger partial charge in [-0.1, -0.05) is 72.8 Å². The number of aromatic nitrogens is 3. The monoisotopic (exact) mass is 858 g/mol. The Morgan fingerprint density at radius 2 is 1.66 bits per heavy atom. The topological polar surface area (TPSA) is 159 Å².